The van der Waals surface area contributed by atoms with Crippen LogP contribution in [0.5, 0.6) is 0 Å². The molecule has 0 radical (unpaired) electrons. The largest absolute Gasteiger partial charge is 0.309 e. The molecule has 0 fully saturated rings. The van der Waals surface area contributed by atoms with Gasteiger partial charge in [0, 0.05) is 81.8 Å². The number of nitrogens with zero attached hydrogens (tertiary/aromatic N) is 5. The summed E-state index contributed by atoms with van der Waals surface area (Å²) in [6.07, 6.45) is 0. The van der Waals surface area contributed by atoms with Gasteiger partial charge in [0.15, 0.2) is 0 Å². The van der Waals surface area contributed by atoms with E-state index in [9.17, 15) is 0 Å². The lowest BCUT2D eigenvalue weighted by Gasteiger charge is -2.24. The topological polar surface area (TPSA) is 24.6 Å². The van der Waals surface area contributed by atoms with Gasteiger partial charge >= 0.3 is 0 Å². The van der Waals surface area contributed by atoms with Gasteiger partial charge in [-0.05, 0) is 97.1 Å². The van der Waals surface area contributed by atoms with Crippen molar-refractivity contribution in [2.45, 2.75) is 0 Å². The number of hydrogen-bond acceptors (Lipinski definition) is 0. The zero-order chi connectivity index (χ0) is 54.3. The maximum absolute atomic E-state index is 2.53. The molecule has 0 aliphatic rings. The van der Waals surface area contributed by atoms with Gasteiger partial charge in [0.1, 0.15) is 0 Å². The minimum Gasteiger partial charge on any atom is -0.309 e. The van der Waals surface area contributed by atoms with Crippen LogP contribution >= 0.6 is 0 Å². The summed E-state index contributed by atoms with van der Waals surface area (Å²) in [4.78, 5) is 0. The zero-order valence-corrected chi connectivity index (χ0v) is 45.0. The summed E-state index contributed by atoms with van der Waals surface area (Å²) < 4.78 is 12.5. The maximum Gasteiger partial charge on any atom is 0.0549 e. The van der Waals surface area contributed by atoms with Gasteiger partial charge in [-0.15, -0.1) is 0 Å². The lowest BCUT2D eigenvalue weighted by Crippen LogP contribution is -2.06. The number of aromatic nitrogens is 5. The summed E-state index contributed by atoms with van der Waals surface area (Å²) in [6.45, 7) is 0. The zero-order valence-electron chi connectivity index (χ0n) is 45.0. The highest BCUT2D eigenvalue weighted by atomic mass is 15.0. The molecular formula is C78H49N5. The monoisotopic (exact) mass is 1060 g/mol. The fourth-order valence-corrected chi connectivity index (χ4v) is 14.3. The molecule has 13 aromatic carbocycles. The fraction of sp³-hybridized carbons (Fsp3) is 0. The molecule has 386 valence electrons. The summed E-state index contributed by atoms with van der Waals surface area (Å²) in [5.74, 6) is 0. The molecule has 0 N–H and O–H groups in total. The van der Waals surface area contributed by atoms with E-state index in [2.05, 4.69) is 320 Å². The summed E-state index contributed by atoms with van der Waals surface area (Å²) in [7, 11) is 0. The number of benzene rings is 13. The van der Waals surface area contributed by atoms with E-state index in [1.807, 2.05) is 0 Å². The van der Waals surface area contributed by atoms with Crippen LogP contribution < -0.4 is 0 Å². The molecule has 5 nitrogen and oxygen atoms in total. The molecule has 5 heterocycles. The first kappa shape index (κ1) is 45.7. The molecule has 0 atom stereocenters. The van der Waals surface area contributed by atoms with Crippen LogP contribution in [0, 0.1) is 0 Å². The van der Waals surface area contributed by atoms with Crippen molar-refractivity contribution in [1.82, 2.24) is 22.8 Å². The van der Waals surface area contributed by atoms with E-state index in [1.54, 1.807) is 0 Å². The molecule has 83 heavy (non-hydrogen) atoms. The highest BCUT2D eigenvalue weighted by Crippen LogP contribution is 2.48. The van der Waals surface area contributed by atoms with Crippen LogP contribution in [0.25, 0.3) is 160 Å². The average Bonchev–Trinajstić information content (AvgIpc) is 4.08. The molecule has 5 aromatic heterocycles. The Balaban J connectivity index is 0.979. The van der Waals surface area contributed by atoms with Gasteiger partial charge in [0.25, 0.3) is 0 Å². The van der Waals surface area contributed by atoms with Gasteiger partial charge < -0.3 is 22.8 Å². The highest BCUT2D eigenvalue weighted by Gasteiger charge is 2.27. The summed E-state index contributed by atoms with van der Waals surface area (Å²) in [5, 5.41) is 12.2. The van der Waals surface area contributed by atoms with Crippen molar-refractivity contribution in [3.8, 4) is 50.7 Å². The lowest BCUT2D eigenvalue weighted by molar-refractivity contribution is 1.13. The maximum atomic E-state index is 2.53. The Morgan fingerprint density at radius 1 is 0.145 bits per heavy atom. The van der Waals surface area contributed by atoms with Crippen LogP contribution in [0.1, 0.15) is 0 Å². The van der Waals surface area contributed by atoms with E-state index in [4.69, 9.17) is 0 Å². The highest BCUT2D eigenvalue weighted by molar-refractivity contribution is 6.16. The van der Waals surface area contributed by atoms with E-state index >= 15 is 0 Å². The number of rotatable bonds is 7. The van der Waals surface area contributed by atoms with Crippen molar-refractivity contribution < 1.29 is 0 Å². The quantitative estimate of drug-likeness (QED) is 0.152. The predicted octanol–water partition coefficient (Wildman–Crippen LogP) is 20.5. The van der Waals surface area contributed by atoms with Gasteiger partial charge in [-0.2, -0.15) is 0 Å². The summed E-state index contributed by atoms with van der Waals surface area (Å²) >= 11 is 0. The molecular weight excluding hydrogens is 1010 g/mol. The van der Waals surface area contributed by atoms with E-state index in [-0.39, 0.29) is 0 Å². The first-order valence-corrected chi connectivity index (χ1v) is 28.6. The SMILES string of the molecule is c1ccc(-n2c3ccccc3c3ccccc32)c(-c2cc(-n3c4ccccc4c4ccccc43)c(-c3ccccc3-n3c4ccccc4c4cc(-n5c6ccccc6c6ccccc65)ccc43)cc2-n2c3ccccc3c3ccccc32)c1. The second-order valence-corrected chi connectivity index (χ2v) is 22.0. The number of fused-ring (bicyclic) bond motifs is 15. The second kappa shape index (κ2) is 17.7. The Morgan fingerprint density at radius 3 is 0.687 bits per heavy atom. The van der Waals surface area contributed by atoms with Gasteiger partial charge in [-0.3, -0.25) is 0 Å². The molecule has 18 aromatic rings. The summed E-state index contributed by atoms with van der Waals surface area (Å²) in [5.41, 5.74) is 21.6. The standard InChI is InChI=1S/C78H49N5/c1-12-34-65-51(23-1)52-24-2-13-35-66(52)79(65)50-45-46-76-62(47-50)59-31-9-20-42-73(59)81(76)75-44-22-11-33-61(75)64-49-77(82-69-38-16-5-27-55(69)56-28-6-17-39-70(56)82)63(48-78(64)83-71-40-18-7-29-57(71)58-30-8-19-41-72(58)83)60-32-10-21-43-74(60)80-67-36-14-3-25-53(67)54-26-4-15-37-68(54)80/h1-49H. The molecule has 5 heteroatoms. The molecule has 0 saturated carbocycles. The van der Waals surface area contributed by atoms with E-state index in [1.165, 1.54) is 75.9 Å². The molecule has 0 unspecified atom stereocenters. The van der Waals surface area contributed by atoms with E-state index in [0.717, 1.165) is 83.8 Å². The third-order valence-corrected chi connectivity index (χ3v) is 17.7. The van der Waals surface area contributed by atoms with Crippen LogP contribution in [-0.2, 0) is 0 Å². The number of hydrogen-bond donors (Lipinski definition) is 0. The number of para-hydroxylation sites is 11. The first-order valence-electron chi connectivity index (χ1n) is 28.6. The molecule has 0 spiro atoms. The van der Waals surface area contributed by atoms with Gasteiger partial charge in [-0.1, -0.05) is 200 Å². The van der Waals surface area contributed by atoms with Crippen molar-refractivity contribution in [2.24, 2.45) is 0 Å². The average molecular weight is 1060 g/mol. The third-order valence-electron chi connectivity index (χ3n) is 17.7. The Morgan fingerprint density at radius 2 is 0.373 bits per heavy atom. The fourth-order valence-electron chi connectivity index (χ4n) is 14.3. The minimum atomic E-state index is 1.08. The molecule has 0 amide bonds. The third kappa shape index (κ3) is 6.53. The van der Waals surface area contributed by atoms with Crippen molar-refractivity contribution in [1.29, 1.82) is 0 Å². The Labute approximate surface area is 477 Å². The van der Waals surface area contributed by atoms with Crippen molar-refractivity contribution >= 4 is 109 Å². The summed E-state index contributed by atoms with van der Waals surface area (Å²) in [6, 6.07) is 110. The van der Waals surface area contributed by atoms with Crippen LogP contribution in [-0.4, -0.2) is 22.8 Å². The van der Waals surface area contributed by atoms with E-state index < -0.39 is 0 Å². The van der Waals surface area contributed by atoms with E-state index in [0.29, 0.717) is 0 Å². The van der Waals surface area contributed by atoms with Crippen molar-refractivity contribution in [3.63, 3.8) is 0 Å². The van der Waals surface area contributed by atoms with Gasteiger partial charge in [0.05, 0.1) is 77.9 Å². The van der Waals surface area contributed by atoms with Gasteiger partial charge in [0.2, 0.25) is 0 Å². The Hall–Kier alpha value is -11.1. The first-order chi connectivity index (χ1) is 41.2. The Kier molecular flexibility index (Phi) is 9.73. The Bertz CT molecular complexity index is 5500. The van der Waals surface area contributed by atoms with Crippen LogP contribution in [0.3, 0.4) is 0 Å². The molecule has 0 aliphatic carbocycles. The lowest BCUT2D eigenvalue weighted by atomic mass is 9.93. The van der Waals surface area contributed by atoms with Crippen molar-refractivity contribution in [3.05, 3.63) is 297 Å². The second-order valence-electron chi connectivity index (χ2n) is 22.0. The normalized spacial score (nSPS) is 12.1. The predicted molar refractivity (Wildman–Crippen MR) is 349 cm³/mol. The van der Waals surface area contributed by atoms with Crippen LogP contribution in [0.2, 0.25) is 0 Å². The van der Waals surface area contributed by atoms with Crippen LogP contribution in [0.15, 0.2) is 297 Å². The molecule has 0 bridgehead atoms. The molecule has 0 saturated heterocycles. The van der Waals surface area contributed by atoms with Crippen LogP contribution in [0.4, 0.5) is 0 Å². The molecule has 18 rings (SSSR count). The van der Waals surface area contributed by atoms with Gasteiger partial charge in [-0.25, -0.2) is 0 Å². The molecule has 0 aliphatic heterocycles. The minimum absolute atomic E-state index is 1.08. The smallest absolute Gasteiger partial charge is 0.0549 e. The van der Waals surface area contributed by atoms with Crippen molar-refractivity contribution in [2.75, 3.05) is 0 Å².